The molecule has 0 saturated carbocycles. The number of ether oxygens (including phenoxy) is 1. The van der Waals surface area contributed by atoms with Crippen LogP contribution in [0.5, 0.6) is 5.75 Å². The first kappa shape index (κ1) is 12.3. The smallest absolute Gasteiger partial charge is 0.308 e. The molecule has 0 bridgehead atoms. The Morgan fingerprint density at radius 1 is 1.27 bits per heavy atom. The van der Waals surface area contributed by atoms with Crippen molar-refractivity contribution >= 4 is 29.2 Å². The van der Waals surface area contributed by atoms with Gasteiger partial charge < -0.3 is 4.74 Å². The molecule has 0 aliphatic rings. The van der Waals surface area contributed by atoms with E-state index in [1.807, 2.05) is 13.8 Å². The molecule has 0 aliphatic heterocycles. The number of halogens is 2. The lowest BCUT2D eigenvalue weighted by Crippen LogP contribution is -2.03. The Hall–Kier alpha value is -0.730. The summed E-state index contributed by atoms with van der Waals surface area (Å²) in [6.45, 7) is 5.13. The summed E-state index contributed by atoms with van der Waals surface area (Å²) in [7, 11) is 0. The Morgan fingerprint density at radius 2 is 1.73 bits per heavy atom. The standard InChI is InChI=1S/C11H12Cl2O2/c1-6-4-9(15-8(3)14)5-7(2)10(6)11(12)13/h4-5,11H,1-3H3. The van der Waals surface area contributed by atoms with Crippen molar-refractivity contribution in [2.24, 2.45) is 0 Å². The number of carbonyl (C=O) groups excluding carboxylic acids is 1. The molecule has 1 rings (SSSR count). The zero-order chi connectivity index (χ0) is 11.6. The molecule has 15 heavy (non-hydrogen) atoms. The quantitative estimate of drug-likeness (QED) is 0.452. The van der Waals surface area contributed by atoms with E-state index in [-0.39, 0.29) is 5.97 Å². The van der Waals surface area contributed by atoms with Gasteiger partial charge in [0.15, 0.2) is 0 Å². The van der Waals surface area contributed by atoms with Crippen LogP contribution in [0.15, 0.2) is 12.1 Å². The van der Waals surface area contributed by atoms with Crippen LogP contribution in [0.25, 0.3) is 0 Å². The Bertz CT molecular complexity index is 363. The van der Waals surface area contributed by atoms with Crippen LogP contribution < -0.4 is 4.74 Å². The van der Waals surface area contributed by atoms with E-state index in [1.54, 1.807) is 12.1 Å². The normalized spacial score (nSPS) is 10.5. The summed E-state index contributed by atoms with van der Waals surface area (Å²) in [4.78, 5) is 10.2. The molecule has 0 aromatic heterocycles. The van der Waals surface area contributed by atoms with Crippen molar-refractivity contribution in [2.45, 2.75) is 25.6 Å². The van der Waals surface area contributed by atoms with E-state index in [2.05, 4.69) is 0 Å². The summed E-state index contributed by atoms with van der Waals surface area (Å²) >= 11 is 11.7. The molecule has 4 heteroatoms. The second-order valence-electron chi connectivity index (χ2n) is 3.37. The molecule has 0 heterocycles. The molecule has 0 N–H and O–H groups in total. The van der Waals surface area contributed by atoms with E-state index in [1.165, 1.54) is 6.92 Å². The third-order valence-corrected chi connectivity index (χ3v) is 2.48. The van der Waals surface area contributed by atoms with Crippen LogP contribution in [-0.4, -0.2) is 5.97 Å². The fourth-order valence-electron chi connectivity index (χ4n) is 1.50. The molecule has 2 nitrogen and oxygen atoms in total. The van der Waals surface area contributed by atoms with Gasteiger partial charge in [-0.15, -0.1) is 23.2 Å². The highest BCUT2D eigenvalue weighted by atomic mass is 35.5. The molecule has 0 saturated heterocycles. The average Bonchev–Trinajstić information content (AvgIpc) is 1.99. The molecule has 0 unspecified atom stereocenters. The van der Waals surface area contributed by atoms with Gasteiger partial charge >= 0.3 is 5.97 Å². The average molecular weight is 247 g/mol. The second-order valence-corrected chi connectivity index (χ2v) is 4.46. The van der Waals surface area contributed by atoms with Gasteiger partial charge in [0.2, 0.25) is 0 Å². The number of aryl methyl sites for hydroxylation is 2. The second kappa shape index (κ2) is 4.86. The van der Waals surface area contributed by atoms with Crippen molar-refractivity contribution in [1.82, 2.24) is 0 Å². The molecule has 0 amide bonds. The third-order valence-electron chi connectivity index (χ3n) is 2.05. The predicted molar refractivity (Wildman–Crippen MR) is 61.7 cm³/mol. The van der Waals surface area contributed by atoms with Crippen LogP contribution in [0.4, 0.5) is 0 Å². The third kappa shape index (κ3) is 3.11. The van der Waals surface area contributed by atoms with Crippen LogP contribution in [0, 0.1) is 13.8 Å². The van der Waals surface area contributed by atoms with E-state index >= 15 is 0 Å². The van der Waals surface area contributed by atoms with Crippen molar-refractivity contribution in [1.29, 1.82) is 0 Å². The summed E-state index contributed by atoms with van der Waals surface area (Å²) in [6, 6.07) is 3.50. The largest absolute Gasteiger partial charge is 0.427 e. The number of rotatable bonds is 2. The minimum Gasteiger partial charge on any atom is -0.427 e. The Morgan fingerprint density at radius 3 is 2.07 bits per heavy atom. The van der Waals surface area contributed by atoms with Crippen LogP contribution in [0.3, 0.4) is 0 Å². The zero-order valence-corrected chi connectivity index (χ0v) is 10.3. The van der Waals surface area contributed by atoms with Gasteiger partial charge in [-0.05, 0) is 42.7 Å². The molecular formula is C11H12Cl2O2. The summed E-state index contributed by atoms with van der Waals surface area (Å²) in [5.41, 5.74) is 2.71. The monoisotopic (exact) mass is 246 g/mol. The molecule has 1 aromatic carbocycles. The van der Waals surface area contributed by atoms with E-state index in [0.29, 0.717) is 5.75 Å². The van der Waals surface area contributed by atoms with Gasteiger partial charge in [0.25, 0.3) is 0 Å². The van der Waals surface area contributed by atoms with Gasteiger partial charge in [-0.25, -0.2) is 0 Å². The molecule has 0 aliphatic carbocycles. The van der Waals surface area contributed by atoms with Crippen molar-refractivity contribution < 1.29 is 9.53 Å². The van der Waals surface area contributed by atoms with Gasteiger partial charge in [-0.1, -0.05) is 0 Å². The SMILES string of the molecule is CC(=O)Oc1cc(C)c(C(Cl)Cl)c(C)c1. The Labute approximate surface area is 99.1 Å². The number of hydrogen-bond donors (Lipinski definition) is 0. The minimum absolute atomic E-state index is 0.338. The van der Waals surface area contributed by atoms with E-state index in [9.17, 15) is 4.79 Å². The summed E-state index contributed by atoms with van der Waals surface area (Å²) in [6.07, 6.45) is 0. The van der Waals surface area contributed by atoms with Crippen LogP contribution >= 0.6 is 23.2 Å². The lowest BCUT2D eigenvalue weighted by atomic mass is 10.0. The van der Waals surface area contributed by atoms with Gasteiger partial charge in [-0.3, -0.25) is 4.79 Å². The molecule has 1 aromatic rings. The minimum atomic E-state index is -0.559. The van der Waals surface area contributed by atoms with Crippen molar-refractivity contribution in [3.05, 3.63) is 28.8 Å². The number of esters is 1. The van der Waals surface area contributed by atoms with Crippen LogP contribution in [0.1, 0.15) is 28.5 Å². The van der Waals surface area contributed by atoms with Crippen LogP contribution in [-0.2, 0) is 4.79 Å². The molecule has 0 atom stereocenters. The highest BCUT2D eigenvalue weighted by molar-refractivity contribution is 6.44. The number of alkyl halides is 2. The van der Waals surface area contributed by atoms with E-state index in [4.69, 9.17) is 27.9 Å². The van der Waals surface area contributed by atoms with Gasteiger partial charge in [-0.2, -0.15) is 0 Å². The highest BCUT2D eigenvalue weighted by Gasteiger charge is 2.12. The first-order chi connectivity index (χ1) is 6.91. The van der Waals surface area contributed by atoms with Crippen molar-refractivity contribution in [2.75, 3.05) is 0 Å². The summed E-state index contributed by atoms with van der Waals surface area (Å²) < 4.78 is 4.99. The fraction of sp³-hybridized carbons (Fsp3) is 0.364. The Balaban J connectivity index is 3.13. The molecule has 0 spiro atoms. The number of hydrogen-bond acceptors (Lipinski definition) is 2. The lowest BCUT2D eigenvalue weighted by molar-refractivity contribution is -0.131. The molecule has 82 valence electrons. The topological polar surface area (TPSA) is 26.3 Å². The van der Waals surface area contributed by atoms with Crippen LogP contribution in [0.2, 0.25) is 0 Å². The lowest BCUT2D eigenvalue weighted by Gasteiger charge is -2.12. The summed E-state index contributed by atoms with van der Waals surface area (Å²) in [5.74, 6) is 0.185. The molecular weight excluding hydrogens is 235 g/mol. The van der Waals surface area contributed by atoms with Crippen molar-refractivity contribution in [3.8, 4) is 5.75 Å². The van der Waals surface area contributed by atoms with Gasteiger partial charge in [0.05, 0.1) is 0 Å². The predicted octanol–water partition coefficient (Wildman–Crippen LogP) is 3.70. The maximum absolute atomic E-state index is 10.8. The van der Waals surface area contributed by atoms with Gasteiger partial charge in [0, 0.05) is 6.92 Å². The molecule has 0 radical (unpaired) electrons. The van der Waals surface area contributed by atoms with E-state index in [0.717, 1.165) is 16.7 Å². The fourth-order valence-corrected chi connectivity index (χ4v) is 2.19. The number of carbonyl (C=O) groups is 1. The first-order valence-corrected chi connectivity index (χ1v) is 5.37. The van der Waals surface area contributed by atoms with Gasteiger partial charge in [0.1, 0.15) is 10.6 Å². The Kier molecular flexibility index (Phi) is 4.00. The first-order valence-electron chi connectivity index (χ1n) is 4.49. The zero-order valence-electron chi connectivity index (χ0n) is 8.80. The van der Waals surface area contributed by atoms with E-state index < -0.39 is 4.84 Å². The maximum Gasteiger partial charge on any atom is 0.308 e. The highest BCUT2D eigenvalue weighted by Crippen LogP contribution is 2.33. The van der Waals surface area contributed by atoms with Crippen molar-refractivity contribution in [3.63, 3.8) is 0 Å². The number of benzene rings is 1. The molecule has 0 fully saturated rings. The summed E-state index contributed by atoms with van der Waals surface area (Å²) in [5, 5.41) is 0. The maximum atomic E-state index is 10.8.